The highest BCUT2D eigenvalue weighted by atomic mass is 16.7. The van der Waals surface area contributed by atoms with Gasteiger partial charge < -0.3 is 9.47 Å². The lowest BCUT2D eigenvalue weighted by molar-refractivity contribution is -0.0168. The fourth-order valence-corrected chi connectivity index (χ4v) is 1.51. The van der Waals surface area contributed by atoms with Crippen LogP contribution >= 0.6 is 0 Å². The van der Waals surface area contributed by atoms with Crippen LogP contribution in [0.1, 0.15) is 21.5 Å². The van der Waals surface area contributed by atoms with Gasteiger partial charge in [-0.1, -0.05) is 0 Å². The van der Waals surface area contributed by atoms with Crippen LogP contribution in [0.3, 0.4) is 0 Å². The molecule has 0 amide bonds. The largest absolute Gasteiger partial charge is 0.467 e. The molecule has 0 radical (unpaired) electrons. The molecular formula is C10H10O3. The summed E-state index contributed by atoms with van der Waals surface area (Å²) in [7, 11) is 0. The minimum atomic E-state index is 0.300. The van der Waals surface area contributed by atoms with Gasteiger partial charge in [-0.3, -0.25) is 4.79 Å². The Kier molecular flexibility index (Phi) is 2.02. The lowest BCUT2D eigenvalue weighted by Crippen LogP contribution is -2.12. The van der Waals surface area contributed by atoms with Crippen LogP contribution in [0, 0.1) is 6.92 Å². The Hall–Kier alpha value is -1.35. The number of benzene rings is 1. The van der Waals surface area contributed by atoms with E-state index in [9.17, 15) is 4.79 Å². The van der Waals surface area contributed by atoms with Crippen molar-refractivity contribution in [1.29, 1.82) is 0 Å². The molecule has 3 nitrogen and oxygen atoms in total. The van der Waals surface area contributed by atoms with E-state index in [1.54, 1.807) is 6.07 Å². The van der Waals surface area contributed by atoms with Crippen LogP contribution in [-0.2, 0) is 11.3 Å². The number of carbonyl (C=O) groups is 1. The van der Waals surface area contributed by atoms with Crippen molar-refractivity contribution in [2.24, 2.45) is 0 Å². The Morgan fingerprint density at radius 2 is 2.31 bits per heavy atom. The first-order valence-corrected chi connectivity index (χ1v) is 4.10. The predicted molar refractivity (Wildman–Crippen MR) is 46.9 cm³/mol. The molecule has 13 heavy (non-hydrogen) atoms. The minimum Gasteiger partial charge on any atom is -0.467 e. The molecule has 68 valence electrons. The lowest BCUT2D eigenvalue weighted by Gasteiger charge is -2.19. The van der Waals surface area contributed by atoms with Crippen molar-refractivity contribution in [3.63, 3.8) is 0 Å². The van der Waals surface area contributed by atoms with Crippen molar-refractivity contribution in [2.75, 3.05) is 6.79 Å². The van der Waals surface area contributed by atoms with Gasteiger partial charge in [0.25, 0.3) is 0 Å². The third kappa shape index (κ3) is 1.42. The summed E-state index contributed by atoms with van der Waals surface area (Å²) in [5, 5.41) is 0. The molecule has 1 heterocycles. The maximum atomic E-state index is 10.6. The average molecular weight is 178 g/mol. The quantitative estimate of drug-likeness (QED) is 0.613. The van der Waals surface area contributed by atoms with Crippen molar-refractivity contribution in [3.05, 3.63) is 28.8 Å². The molecule has 3 heteroatoms. The van der Waals surface area contributed by atoms with E-state index in [0.29, 0.717) is 19.0 Å². The highest BCUT2D eigenvalue weighted by molar-refractivity contribution is 5.76. The Balaban J connectivity index is 2.52. The van der Waals surface area contributed by atoms with Gasteiger partial charge >= 0.3 is 0 Å². The normalized spacial score (nSPS) is 14.5. The molecule has 0 fully saturated rings. The second-order valence-electron chi connectivity index (χ2n) is 3.05. The molecule has 0 unspecified atom stereocenters. The van der Waals surface area contributed by atoms with Crippen LogP contribution < -0.4 is 4.74 Å². The summed E-state index contributed by atoms with van der Waals surface area (Å²) in [5.41, 5.74) is 2.61. The molecule has 0 bridgehead atoms. The molecule has 0 spiro atoms. The van der Waals surface area contributed by atoms with E-state index in [0.717, 1.165) is 23.2 Å². The van der Waals surface area contributed by atoms with Gasteiger partial charge in [-0.2, -0.15) is 0 Å². The number of ether oxygens (including phenoxy) is 2. The maximum Gasteiger partial charge on any atom is 0.189 e. The second-order valence-corrected chi connectivity index (χ2v) is 3.05. The molecule has 1 aliphatic heterocycles. The van der Waals surface area contributed by atoms with Crippen molar-refractivity contribution < 1.29 is 14.3 Å². The van der Waals surface area contributed by atoms with Gasteiger partial charge in [-0.15, -0.1) is 0 Å². The van der Waals surface area contributed by atoms with Crippen molar-refractivity contribution in [1.82, 2.24) is 0 Å². The number of aryl methyl sites for hydroxylation is 1. The Morgan fingerprint density at radius 3 is 3.08 bits per heavy atom. The summed E-state index contributed by atoms with van der Waals surface area (Å²) in [6, 6.07) is 3.62. The van der Waals surface area contributed by atoms with E-state index in [4.69, 9.17) is 9.47 Å². The zero-order valence-corrected chi connectivity index (χ0v) is 7.37. The van der Waals surface area contributed by atoms with Crippen LogP contribution in [0.2, 0.25) is 0 Å². The number of aldehydes is 1. The van der Waals surface area contributed by atoms with Crippen LogP contribution in [0.4, 0.5) is 0 Å². The first-order valence-electron chi connectivity index (χ1n) is 4.10. The lowest BCUT2D eigenvalue weighted by atomic mass is 10.1. The van der Waals surface area contributed by atoms with E-state index in [1.165, 1.54) is 0 Å². The number of rotatable bonds is 1. The summed E-state index contributed by atoms with van der Waals surface area (Å²) >= 11 is 0. The number of hydrogen-bond acceptors (Lipinski definition) is 3. The van der Waals surface area contributed by atoms with Crippen molar-refractivity contribution in [2.45, 2.75) is 13.5 Å². The van der Waals surface area contributed by atoms with Crippen molar-refractivity contribution >= 4 is 6.29 Å². The van der Waals surface area contributed by atoms with Gasteiger partial charge in [-0.05, 0) is 24.6 Å². The predicted octanol–water partition coefficient (Wildman–Crippen LogP) is 1.67. The molecule has 2 rings (SSSR count). The first kappa shape index (κ1) is 8.26. The standard InChI is InChI=1S/C10H10O3/c1-7-2-8(4-11)3-9-5-12-6-13-10(7)9/h2-4H,5-6H2,1H3. The molecule has 0 aliphatic carbocycles. The number of fused-ring (bicyclic) bond motifs is 1. The van der Waals surface area contributed by atoms with Crippen LogP contribution in [0.5, 0.6) is 5.75 Å². The van der Waals surface area contributed by atoms with E-state index < -0.39 is 0 Å². The Bertz CT molecular complexity index is 344. The fraction of sp³-hybridized carbons (Fsp3) is 0.300. The fourth-order valence-electron chi connectivity index (χ4n) is 1.51. The molecule has 0 aromatic heterocycles. The molecule has 0 atom stereocenters. The first-order chi connectivity index (χ1) is 6.31. The topological polar surface area (TPSA) is 35.5 Å². The molecule has 0 saturated heterocycles. The van der Waals surface area contributed by atoms with Gasteiger partial charge in [0.2, 0.25) is 0 Å². The highest BCUT2D eigenvalue weighted by Crippen LogP contribution is 2.28. The molecular weight excluding hydrogens is 168 g/mol. The highest BCUT2D eigenvalue weighted by Gasteiger charge is 2.13. The zero-order valence-electron chi connectivity index (χ0n) is 7.37. The van der Waals surface area contributed by atoms with E-state index >= 15 is 0 Å². The smallest absolute Gasteiger partial charge is 0.189 e. The van der Waals surface area contributed by atoms with E-state index in [-0.39, 0.29) is 0 Å². The summed E-state index contributed by atoms with van der Waals surface area (Å²) < 4.78 is 10.4. The van der Waals surface area contributed by atoms with Gasteiger partial charge in [0.1, 0.15) is 12.0 Å². The minimum absolute atomic E-state index is 0.300. The zero-order chi connectivity index (χ0) is 9.26. The Labute approximate surface area is 76.3 Å². The van der Waals surface area contributed by atoms with Crippen LogP contribution in [-0.4, -0.2) is 13.1 Å². The monoisotopic (exact) mass is 178 g/mol. The maximum absolute atomic E-state index is 10.6. The molecule has 1 aromatic rings. The van der Waals surface area contributed by atoms with Gasteiger partial charge in [0, 0.05) is 11.1 Å². The number of hydrogen-bond donors (Lipinski definition) is 0. The molecule has 1 aliphatic rings. The van der Waals surface area contributed by atoms with Gasteiger partial charge in [0.05, 0.1) is 6.61 Å². The third-order valence-corrected chi connectivity index (χ3v) is 2.05. The van der Waals surface area contributed by atoms with Crippen LogP contribution in [0.25, 0.3) is 0 Å². The van der Waals surface area contributed by atoms with E-state index in [2.05, 4.69) is 0 Å². The van der Waals surface area contributed by atoms with Gasteiger partial charge in [-0.25, -0.2) is 0 Å². The van der Waals surface area contributed by atoms with Gasteiger partial charge in [0.15, 0.2) is 6.79 Å². The SMILES string of the molecule is Cc1cc(C=O)cc2c1OCOC2. The second kappa shape index (κ2) is 3.18. The molecule has 1 aromatic carbocycles. The van der Waals surface area contributed by atoms with Crippen molar-refractivity contribution in [3.8, 4) is 5.75 Å². The summed E-state index contributed by atoms with van der Waals surface area (Å²) in [6.45, 7) is 2.75. The number of carbonyl (C=O) groups excluding carboxylic acids is 1. The van der Waals surface area contributed by atoms with Crippen LogP contribution in [0.15, 0.2) is 12.1 Å². The van der Waals surface area contributed by atoms with E-state index in [1.807, 2.05) is 13.0 Å². The summed E-state index contributed by atoms with van der Waals surface area (Å²) in [6.07, 6.45) is 0.835. The Morgan fingerprint density at radius 1 is 1.46 bits per heavy atom. The molecule has 0 N–H and O–H groups in total. The molecule has 0 saturated carbocycles. The summed E-state index contributed by atoms with van der Waals surface area (Å²) in [4.78, 5) is 10.6. The average Bonchev–Trinajstić information content (AvgIpc) is 2.18. The third-order valence-electron chi connectivity index (χ3n) is 2.05. The summed E-state index contributed by atoms with van der Waals surface area (Å²) in [5.74, 6) is 0.858.